The minimum atomic E-state index is -2.95. The van der Waals surface area contributed by atoms with Crippen molar-refractivity contribution in [1.82, 2.24) is 0 Å². The van der Waals surface area contributed by atoms with Gasteiger partial charge < -0.3 is 15.0 Å². The molecule has 0 unspecified atom stereocenters. The van der Waals surface area contributed by atoms with E-state index in [1.165, 1.54) is 23.8 Å². The van der Waals surface area contributed by atoms with Gasteiger partial charge in [0, 0.05) is 17.9 Å². The number of rotatable bonds is 5. The fourth-order valence-electron chi connectivity index (χ4n) is 2.92. The predicted octanol–water partition coefficient (Wildman–Crippen LogP) is 4.33. The molecule has 0 saturated heterocycles. The van der Waals surface area contributed by atoms with E-state index in [4.69, 9.17) is 11.6 Å². The summed E-state index contributed by atoms with van der Waals surface area (Å²) in [7, 11) is 0. The molecule has 3 rings (SSSR count). The largest absolute Gasteiger partial charge is 0.433 e. The number of carbonyl (C=O) groups is 1. The van der Waals surface area contributed by atoms with Crippen LogP contribution in [0.4, 0.5) is 20.2 Å². The molecule has 1 heterocycles. The first-order valence-corrected chi connectivity index (χ1v) is 8.28. The van der Waals surface area contributed by atoms with E-state index in [1.54, 1.807) is 0 Å². The average Bonchev–Trinajstić information content (AvgIpc) is 2.57. The number of benzene rings is 2. The lowest BCUT2D eigenvalue weighted by atomic mass is 10.0. The Kier molecular flexibility index (Phi) is 5.38. The summed E-state index contributed by atoms with van der Waals surface area (Å²) in [6.07, 6.45) is 2.01. The number of nitrogens with one attached hydrogen (secondary N) is 1. The molecule has 2 aromatic rings. The van der Waals surface area contributed by atoms with Gasteiger partial charge in [-0.25, -0.2) is 0 Å². The Balaban J connectivity index is 1.65. The van der Waals surface area contributed by atoms with Gasteiger partial charge in [-0.3, -0.25) is 4.79 Å². The van der Waals surface area contributed by atoms with Gasteiger partial charge in [-0.15, -0.1) is 0 Å². The number of aryl methyl sites for hydroxylation is 1. The molecule has 1 N–H and O–H groups in total. The summed E-state index contributed by atoms with van der Waals surface area (Å²) in [5.74, 6) is -0.324. The van der Waals surface area contributed by atoms with Crippen molar-refractivity contribution in [2.45, 2.75) is 19.5 Å². The third kappa shape index (κ3) is 4.39. The van der Waals surface area contributed by atoms with Gasteiger partial charge in [0.2, 0.25) is 5.91 Å². The highest BCUT2D eigenvalue weighted by Gasteiger charge is 2.19. The molecular formula is C18H17ClF2N2O2. The SMILES string of the molecule is O=C(CN1CCCc2ccccc21)Nc1ccc(OC(F)F)c(Cl)c1. The van der Waals surface area contributed by atoms with E-state index in [0.717, 1.165) is 25.1 Å². The summed E-state index contributed by atoms with van der Waals surface area (Å²) in [5, 5.41) is 2.75. The van der Waals surface area contributed by atoms with Gasteiger partial charge >= 0.3 is 6.61 Å². The van der Waals surface area contributed by atoms with Gasteiger partial charge in [0.25, 0.3) is 0 Å². The zero-order valence-electron chi connectivity index (χ0n) is 13.3. The summed E-state index contributed by atoms with van der Waals surface area (Å²) >= 11 is 5.90. The molecule has 132 valence electrons. The van der Waals surface area contributed by atoms with Gasteiger partial charge in [0.15, 0.2) is 0 Å². The van der Waals surface area contributed by atoms with Crippen LogP contribution in [0, 0.1) is 0 Å². The number of hydrogen-bond acceptors (Lipinski definition) is 3. The van der Waals surface area contributed by atoms with E-state index in [-0.39, 0.29) is 23.2 Å². The quantitative estimate of drug-likeness (QED) is 0.856. The van der Waals surface area contributed by atoms with Crippen molar-refractivity contribution >= 4 is 28.9 Å². The molecule has 0 saturated carbocycles. The third-order valence-electron chi connectivity index (χ3n) is 3.97. The van der Waals surface area contributed by atoms with Crippen LogP contribution in [0.3, 0.4) is 0 Å². The highest BCUT2D eigenvalue weighted by molar-refractivity contribution is 6.32. The highest BCUT2D eigenvalue weighted by Crippen LogP contribution is 2.29. The van der Waals surface area contributed by atoms with Gasteiger partial charge in [-0.05, 0) is 42.7 Å². The smallest absolute Gasteiger partial charge is 0.387 e. The summed E-state index contributed by atoms with van der Waals surface area (Å²) in [6, 6.07) is 12.2. The summed E-state index contributed by atoms with van der Waals surface area (Å²) in [6.45, 7) is -1.92. The number of alkyl halides is 2. The Morgan fingerprint density at radius 1 is 1.28 bits per heavy atom. The molecule has 1 aliphatic heterocycles. The average molecular weight is 367 g/mol. The maximum atomic E-state index is 12.3. The minimum absolute atomic E-state index is 0.0152. The second-order valence-corrected chi connectivity index (χ2v) is 6.13. The Hall–Kier alpha value is -2.34. The number of carbonyl (C=O) groups excluding carboxylic acids is 1. The molecule has 0 radical (unpaired) electrons. The zero-order valence-corrected chi connectivity index (χ0v) is 14.1. The third-order valence-corrected chi connectivity index (χ3v) is 4.27. The first-order chi connectivity index (χ1) is 12.0. The van der Waals surface area contributed by atoms with Gasteiger partial charge in [-0.1, -0.05) is 29.8 Å². The van der Waals surface area contributed by atoms with Crippen LogP contribution in [-0.4, -0.2) is 25.6 Å². The Morgan fingerprint density at radius 2 is 2.08 bits per heavy atom. The normalized spacial score (nSPS) is 13.5. The molecule has 0 fully saturated rings. The van der Waals surface area contributed by atoms with E-state index < -0.39 is 6.61 Å². The van der Waals surface area contributed by atoms with Crippen molar-refractivity contribution in [2.75, 3.05) is 23.3 Å². The Morgan fingerprint density at radius 3 is 2.84 bits per heavy atom. The van der Waals surface area contributed by atoms with Gasteiger partial charge in [0.05, 0.1) is 11.6 Å². The highest BCUT2D eigenvalue weighted by atomic mass is 35.5. The Bertz CT molecular complexity index is 770. The molecule has 1 amide bonds. The lowest BCUT2D eigenvalue weighted by Gasteiger charge is -2.30. The van der Waals surface area contributed by atoms with Crippen LogP contribution in [0.5, 0.6) is 5.75 Å². The molecular weight excluding hydrogens is 350 g/mol. The number of amides is 1. The van der Waals surface area contributed by atoms with E-state index in [0.29, 0.717) is 5.69 Å². The molecule has 0 spiro atoms. The first-order valence-electron chi connectivity index (χ1n) is 7.90. The number of nitrogens with zero attached hydrogens (tertiary/aromatic N) is 1. The molecule has 25 heavy (non-hydrogen) atoms. The second kappa shape index (κ2) is 7.70. The van der Waals surface area contributed by atoms with Crippen molar-refractivity contribution in [1.29, 1.82) is 0 Å². The number of anilines is 2. The maximum absolute atomic E-state index is 12.3. The van der Waals surface area contributed by atoms with E-state index in [9.17, 15) is 13.6 Å². The van der Waals surface area contributed by atoms with Crippen LogP contribution in [-0.2, 0) is 11.2 Å². The number of ether oxygens (including phenoxy) is 1. The molecule has 0 aromatic heterocycles. The second-order valence-electron chi connectivity index (χ2n) is 5.73. The number of para-hydroxylation sites is 1. The van der Waals surface area contributed by atoms with E-state index >= 15 is 0 Å². The molecule has 7 heteroatoms. The lowest BCUT2D eigenvalue weighted by molar-refractivity contribution is -0.115. The lowest BCUT2D eigenvalue weighted by Crippen LogP contribution is -2.36. The van der Waals surface area contributed by atoms with Crippen LogP contribution in [0.1, 0.15) is 12.0 Å². The number of fused-ring (bicyclic) bond motifs is 1. The van der Waals surface area contributed by atoms with Crippen molar-refractivity contribution in [2.24, 2.45) is 0 Å². The van der Waals surface area contributed by atoms with Crippen LogP contribution in [0.2, 0.25) is 5.02 Å². The summed E-state index contributed by atoms with van der Waals surface area (Å²) in [4.78, 5) is 14.3. The maximum Gasteiger partial charge on any atom is 0.387 e. The van der Waals surface area contributed by atoms with Crippen LogP contribution in [0.15, 0.2) is 42.5 Å². The molecule has 2 aromatic carbocycles. The summed E-state index contributed by atoms with van der Waals surface area (Å²) < 4.78 is 28.8. The molecule has 0 bridgehead atoms. The fourth-order valence-corrected chi connectivity index (χ4v) is 3.14. The van der Waals surface area contributed by atoms with E-state index in [1.807, 2.05) is 23.1 Å². The standard InChI is InChI=1S/C18H17ClF2N2O2/c19-14-10-13(7-8-16(14)25-18(20)21)22-17(24)11-23-9-3-5-12-4-1-2-6-15(12)23/h1-2,4,6-8,10,18H,3,5,9,11H2,(H,22,24). The fraction of sp³-hybridized carbons (Fsp3) is 0.278. The van der Waals surface area contributed by atoms with E-state index in [2.05, 4.69) is 16.1 Å². The minimum Gasteiger partial charge on any atom is -0.433 e. The molecule has 1 aliphatic rings. The van der Waals surface area contributed by atoms with Crippen molar-refractivity contribution < 1.29 is 18.3 Å². The molecule has 0 aliphatic carbocycles. The van der Waals surface area contributed by atoms with Crippen molar-refractivity contribution in [3.8, 4) is 5.75 Å². The van der Waals surface area contributed by atoms with Crippen molar-refractivity contribution in [3.05, 3.63) is 53.1 Å². The Labute approximate surface area is 149 Å². The summed E-state index contributed by atoms with van der Waals surface area (Å²) in [5.41, 5.74) is 2.74. The molecule has 4 nitrogen and oxygen atoms in total. The van der Waals surface area contributed by atoms with Crippen LogP contribution < -0.4 is 15.0 Å². The number of halogens is 3. The van der Waals surface area contributed by atoms with Crippen LogP contribution >= 0.6 is 11.6 Å². The van der Waals surface area contributed by atoms with Crippen LogP contribution in [0.25, 0.3) is 0 Å². The number of hydrogen-bond donors (Lipinski definition) is 1. The first kappa shape index (κ1) is 17.5. The monoisotopic (exact) mass is 366 g/mol. The topological polar surface area (TPSA) is 41.6 Å². The van der Waals surface area contributed by atoms with Crippen molar-refractivity contribution in [3.63, 3.8) is 0 Å². The van der Waals surface area contributed by atoms with Gasteiger partial charge in [-0.2, -0.15) is 8.78 Å². The zero-order chi connectivity index (χ0) is 17.8. The molecule has 0 atom stereocenters. The predicted molar refractivity (Wildman–Crippen MR) is 93.7 cm³/mol. The van der Waals surface area contributed by atoms with Gasteiger partial charge in [0.1, 0.15) is 5.75 Å².